The lowest BCUT2D eigenvalue weighted by atomic mass is 10.1. The van der Waals surface area contributed by atoms with Crippen molar-refractivity contribution in [1.29, 1.82) is 0 Å². The number of pyridine rings is 2. The normalized spacial score (nSPS) is 10.0. The number of aliphatic hydroxyl groups is 1. The summed E-state index contributed by atoms with van der Waals surface area (Å²) in [7, 11) is 2.95. The van der Waals surface area contributed by atoms with Crippen LogP contribution in [0.2, 0.25) is 0 Å². The summed E-state index contributed by atoms with van der Waals surface area (Å²) in [6, 6.07) is 11.7. The van der Waals surface area contributed by atoms with Crippen LogP contribution in [0.4, 0.5) is 21.0 Å². The van der Waals surface area contributed by atoms with Gasteiger partial charge in [-0.1, -0.05) is 0 Å². The zero-order valence-electron chi connectivity index (χ0n) is 28.8. The summed E-state index contributed by atoms with van der Waals surface area (Å²) in [5, 5.41) is 31.1. The van der Waals surface area contributed by atoms with Gasteiger partial charge in [-0.05, 0) is 48.0 Å². The Kier molecular flexibility index (Phi) is 17.5. The molecular formula is C32H35ClN6O14. The lowest BCUT2D eigenvalue weighted by Gasteiger charge is -2.17. The number of halogens is 1. The summed E-state index contributed by atoms with van der Waals surface area (Å²) in [4.78, 5) is 74.8. The van der Waals surface area contributed by atoms with Crippen molar-refractivity contribution >= 4 is 68.2 Å². The van der Waals surface area contributed by atoms with Gasteiger partial charge in [0.2, 0.25) is 18.8 Å². The molecule has 0 aliphatic carbocycles. The Hall–Kier alpha value is -6.41. The maximum absolute atomic E-state index is 11.8. The van der Waals surface area contributed by atoms with E-state index >= 15 is 0 Å². The number of nitrogens with zero attached hydrogens (tertiary/aromatic N) is 6. The van der Waals surface area contributed by atoms with E-state index in [0.29, 0.717) is 21.8 Å². The third-order valence-corrected chi connectivity index (χ3v) is 6.40. The smallest absolute Gasteiger partial charge is 0.412 e. The van der Waals surface area contributed by atoms with Crippen molar-refractivity contribution in [2.45, 2.75) is 13.8 Å². The van der Waals surface area contributed by atoms with Crippen molar-refractivity contribution in [2.75, 3.05) is 54.0 Å². The highest BCUT2D eigenvalue weighted by Crippen LogP contribution is 2.32. The van der Waals surface area contributed by atoms with Crippen LogP contribution in [-0.2, 0) is 23.8 Å². The molecule has 4 aromatic rings. The molecule has 21 heteroatoms. The topological polar surface area (TPSA) is 253 Å². The SMILES string of the molecule is CC(=O)Cl.CC(=O)OCCN(C)C(=O)OCOc1ccc([N+](=O)[O-])c2cccnc12.CN(CCO)C(=O)OCOc1ccc([N+](=O)[O-])c2cccnc12. The Morgan fingerprint density at radius 3 is 1.53 bits per heavy atom. The van der Waals surface area contributed by atoms with Crippen LogP contribution in [0.1, 0.15) is 13.8 Å². The molecule has 2 aromatic heterocycles. The standard InChI is InChI=1S/C16H17N3O7.C14H15N3O6.C2H3ClO/c1-11(20)24-9-8-18(2)16(21)26-10-25-14-6-5-13(19(22)23)12-4-3-7-17-15(12)14;1-16(7-8-18)14(19)23-9-22-12-5-4-11(17(20)21)10-3-2-6-15-13(10)12;1-2(3)4/h3-7H,8-10H2,1-2H3;2-6,18H,7-9H2,1H3;1H3. The van der Waals surface area contributed by atoms with Gasteiger partial charge in [0.05, 0.1) is 33.8 Å². The van der Waals surface area contributed by atoms with E-state index in [4.69, 9.17) is 28.8 Å². The molecule has 0 aliphatic heterocycles. The second-order valence-electron chi connectivity index (χ2n) is 10.2. The van der Waals surface area contributed by atoms with Gasteiger partial charge in [-0.3, -0.25) is 39.8 Å². The molecule has 2 heterocycles. The summed E-state index contributed by atoms with van der Waals surface area (Å²) in [6.45, 7) is 1.97. The van der Waals surface area contributed by atoms with Crippen LogP contribution in [0.5, 0.6) is 11.5 Å². The molecule has 0 fully saturated rings. The van der Waals surface area contributed by atoms with Crippen LogP contribution in [0.15, 0.2) is 60.9 Å². The fourth-order valence-electron chi connectivity index (χ4n) is 3.98. The number of carbonyl (C=O) groups is 4. The molecule has 0 saturated heterocycles. The molecule has 2 aromatic carbocycles. The number of esters is 1. The van der Waals surface area contributed by atoms with Crippen molar-refractivity contribution < 1.29 is 57.8 Å². The molecule has 4 rings (SSSR count). The molecule has 53 heavy (non-hydrogen) atoms. The third kappa shape index (κ3) is 14.0. The van der Waals surface area contributed by atoms with Crippen LogP contribution in [-0.4, -0.2) is 112 Å². The number of hydrogen-bond acceptors (Lipinski definition) is 16. The quantitative estimate of drug-likeness (QED) is 0.0494. The summed E-state index contributed by atoms with van der Waals surface area (Å²) < 4.78 is 25.3. The second kappa shape index (κ2) is 21.7. The van der Waals surface area contributed by atoms with E-state index in [0.717, 1.165) is 0 Å². The van der Waals surface area contributed by atoms with Gasteiger partial charge in [0, 0.05) is 59.0 Å². The van der Waals surface area contributed by atoms with Crippen molar-refractivity contribution in [3.05, 3.63) is 81.2 Å². The molecule has 0 spiro atoms. The number of aromatic nitrogens is 2. The van der Waals surface area contributed by atoms with Gasteiger partial charge in [0.1, 0.15) is 29.1 Å². The number of carbonyl (C=O) groups excluding carboxylic acids is 4. The van der Waals surface area contributed by atoms with Gasteiger partial charge in [-0.2, -0.15) is 0 Å². The van der Waals surface area contributed by atoms with Crippen LogP contribution in [0.25, 0.3) is 21.8 Å². The van der Waals surface area contributed by atoms with Gasteiger partial charge in [0.15, 0.2) is 0 Å². The molecule has 284 valence electrons. The number of aliphatic hydroxyl groups excluding tert-OH is 1. The number of fused-ring (bicyclic) bond motifs is 2. The number of likely N-dealkylation sites (N-methyl/N-ethyl adjacent to an activating group) is 2. The number of rotatable bonds is 13. The van der Waals surface area contributed by atoms with E-state index < -0.39 is 34.8 Å². The summed E-state index contributed by atoms with van der Waals surface area (Å²) in [5.41, 5.74) is 0.421. The minimum atomic E-state index is -0.670. The monoisotopic (exact) mass is 762 g/mol. The Bertz CT molecular complexity index is 1910. The number of amides is 2. The Labute approximate surface area is 306 Å². The van der Waals surface area contributed by atoms with Crippen molar-refractivity contribution in [3.63, 3.8) is 0 Å². The summed E-state index contributed by atoms with van der Waals surface area (Å²) >= 11 is 4.64. The molecule has 0 atom stereocenters. The van der Waals surface area contributed by atoms with Gasteiger partial charge >= 0.3 is 18.2 Å². The van der Waals surface area contributed by atoms with E-state index in [2.05, 4.69) is 21.6 Å². The number of nitro groups is 2. The first-order chi connectivity index (χ1) is 25.2. The first-order valence-electron chi connectivity index (χ1n) is 15.1. The minimum Gasteiger partial charge on any atom is -0.464 e. The maximum atomic E-state index is 11.8. The van der Waals surface area contributed by atoms with Crippen molar-refractivity contribution in [1.82, 2.24) is 19.8 Å². The molecule has 0 radical (unpaired) electrons. The van der Waals surface area contributed by atoms with Gasteiger partial charge in [-0.25, -0.2) is 9.59 Å². The summed E-state index contributed by atoms with van der Waals surface area (Å²) in [5.74, 6) is 0.0815. The summed E-state index contributed by atoms with van der Waals surface area (Å²) in [6.07, 6.45) is 1.64. The lowest BCUT2D eigenvalue weighted by Crippen LogP contribution is -2.32. The highest BCUT2D eigenvalue weighted by atomic mass is 35.5. The van der Waals surface area contributed by atoms with Crippen LogP contribution < -0.4 is 9.47 Å². The van der Waals surface area contributed by atoms with E-state index in [9.17, 15) is 39.4 Å². The number of ether oxygens (including phenoxy) is 5. The number of nitro benzene ring substituents is 2. The predicted octanol–water partition coefficient (Wildman–Crippen LogP) is 4.42. The van der Waals surface area contributed by atoms with E-state index in [1.165, 1.54) is 74.4 Å². The zero-order valence-corrected chi connectivity index (χ0v) is 29.6. The Morgan fingerprint density at radius 1 is 0.736 bits per heavy atom. The highest BCUT2D eigenvalue weighted by molar-refractivity contribution is 6.62. The van der Waals surface area contributed by atoms with E-state index in [-0.39, 0.29) is 61.2 Å². The molecule has 1 N–H and O–H groups in total. The van der Waals surface area contributed by atoms with Crippen molar-refractivity contribution in [2.24, 2.45) is 0 Å². The molecule has 0 bridgehead atoms. The first kappa shape index (κ1) is 42.8. The number of non-ortho nitro benzene ring substituents is 2. The van der Waals surface area contributed by atoms with Crippen molar-refractivity contribution in [3.8, 4) is 11.5 Å². The van der Waals surface area contributed by atoms with Crippen LogP contribution >= 0.6 is 11.6 Å². The van der Waals surface area contributed by atoms with Crippen LogP contribution in [0.3, 0.4) is 0 Å². The molecule has 0 unspecified atom stereocenters. The molecule has 0 aliphatic rings. The largest absolute Gasteiger partial charge is 0.464 e. The van der Waals surface area contributed by atoms with E-state index in [1.54, 1.807) is 24.3 Å². The van der Waals surface area contributed by atoms with Gasteiger partial charge < -0.3 is 38.6 Å². The predicted molar refractivity (Wildman–Crippen MR) is 186 cm³/mol. The minimum absolute atomic E-state index is 0.0543. The number of benzene rings is 2. The third-order valence-electron chi connectivity index (χ3n) is 6.40. The average Bonchev–Trinajstić information content (AvgIpc) is 3.11. The van der Waals surface area contributed by atoms with Gasteiger partial charge in [-0.15, -0.1) is 0 Å². The fraction of sp³-hybridized carbons (Fsp3) is 0.312. The lowest BCUT2D eigenvalue weighted by molar-refractivity contribution is -0.383. The first-order valence-corrected chi connectivity index (χ1v) is 15.5. The zero-order chi connectivity index (χ0) is 39.5. The molecule has 2 amide bonds. The average molecular weight is 763 g/mol. The fourth-order valence-corrected chi connectivity index (χ4v) is 3.98. The van der Waals surface area contributed by atoms with Crippen LogP contribution in [0, 0.1) is 20.2 Å². The Morgan fingerprint density at radius 2 is 1.15 bits per heavy atom. The maximum Gasteiger partial charge on any atom is 0.412 e. The molecule has 0 saturated carbocycles. The second-order valence-corrected chi connectivity index (χ2v) is 10.7. The number of hydrogen-bond donors (Lipinski definition) is 1. The highest BCUT2D eigenvalue weighted by Gasteiger charge is 2.18. The Balaban J connectivity index is 0.000000335. The molecule has 20 nitrogen and oxygen atoms in total. The van der Waals surface area contributed by atoms with Gasteiger partial charge in [0.25, 0.3) is 11.4 Å². The molecular weight excluding hydrogens is 728 g/mol. The van der Waals surface area contributed by atoms with E-state index in [1.807, 2.05) is 0 Å².